The van der Waals surface area contributed by atoms with E-state index in [1.807, 2.05) is 24.4 Å². The highest BCUT2D eigenvalue weighted by Gasteiger charge is 2.22. The van der Waals surface area contributed by atoms with E-state index in [2.05, 4.69) is 10.6 Å². The van der Waals surface area contributed by atoms with E-state index in [4.69, 9.17) is 4.74 Å². The van der Waals surface area contributed by atoms with Crippen molar-refractivity contribution in [2.75, 3.05) is 13.7 Å². The van der Waals surface area contributed by atoms with Crippen LogP contribution in [0.1, 0.15) is 50.5 Å². The maximum Gasteiger partial charge on any atom is 0.257 e. The summed E-state index contributed by atoms with van der Waals surface area (Å²) in [5, 5.41) is 7.11. The van der Waals surface area contributed by atoms with Crippen molar-refractivity contribution in [3.63, 3.8) is 0 Å². The van der Waals surface area contributed by atoms with E-state index < -0.39 is 35.4 Å². The summed E-state index contributed by atoms with van der Waals surface area (Å²) in [4.78, 5) is 39.8. The van der Waals surface area contributed by atoms with Crippen LogP contribution in [0, 0.1) is 11.6 Å². The summed E-state index contributed by atoms with van der Waals surface area (Å²) in [5.41, 5.74) is -1.63. The number of carbonyl (C=O) groups excluding carboxylic acids is 2. The molecular weight excluding hydrogens is 464 g/mol. The fraction of sp³-hybridized carbons (Fsp3) is 0.292. The summed E-state index contributed by atoms with van der Waals surface area (Å²) in [5.74, 6) is -3.10. The van der Waals surface area contributed by atoms with Crippen molar-refractivity contribution in [3.8, 4) is 0 Å². The number of nitrogens with zero attached hydrogens (tertiary/aromatic N) is 1. The molecule has 0 unspecified atom stereocenters. The molecule has 10 heteroatoms. The molecule has 0 bridgehead atoms. The maximum atomic E-state index is 13.9. The Morgan fingerprint density at radius 3 is 2.35 bits per heavy atom. The molecule has 2 heterocycles. The molecule has 0 saturated carbocycles. The average molecular weight is 490 g/mol. The van der Waals surface area contributed by atoms with Crippen molar-refractivity contribution in [1.82, 2.24) is 15.2 Å². The van der Waals surface area contributed by atoms with Gasteiger partial charge in [-0.1, -0.05) is 19.1 Å². The zero-order chi connectivity index (χ0) is 24.7. The van der Waals surface area contributed by atoms with Gasteiger partial charge in [0.25, 0.3) is 11.8 Å². The molecule has 2 N–H and O–H groups in total. The van der Waals surface area contributed by atoms with E-state index in [0.29, 0.717) is 6.42 Å². The molecule has 7 nitrogen and oxygen atoms in total. The van der Waals surface area contributed by atoms with Gasteiger partial charge in [-0.05, 0) is 30.0 Å². The third-order valence-corrected chi connectivity index (χ3v) is 6.20. The number of aromatic nitrogens is 1. The summed E-state index contributed by atoms with van der Waals surface area (Å²) in [6.07, 6.45) is 3.27. The van der Waals surface area contributed by atoms with Gasteiger partial charge in [-0.3, -0.25) is 14.4 Å². The van der Waals surface area contributed by atoms with E-state index in [1.165, 1.54) is 41.5 Å². The van der Waals surface area contributed by atoms with Gasteiger partial charge in [0.15, 0.2) is 0 Å². The molecule has 0 radical (unpaired) electrons. The second-order valence-electron chi connectivity index (χ2n) is 7.48. The summed E-state index contributed by atoms with van der Waals surface area (Å²) < 4.78 is 34.4. The van der Waals surface area contributed by atoms with Crippen LogP contribution in [0.4, 0.5) is 8.78 Å². The van der Waals surface area contributed by atoms with Crippen molar-refractivity contribution in [1.29, 1.82) is 0 Å². The number of hydrogen-bond acceptors (Lipinski definition) is 5. The van der Waals surface area contributed by atoms with Crippen LogP contribution in [0.25, 0.3) is 0 Å². The first-order chi connectivity index (χ1) is 16.3. The standard InChI is InChI=1S/C24H25F2N3O4S/c1-3-20(21-8-5-11-34-21)28-24(32)17-14-29(9-10-33-2)13-16(22(17)30)23(31)27-12-15-18(25)6-4-7-19(15)26/h4-8,11,13-14,20H,3,9-10,12H2,1-2H3,(H,27,31)(H,28,32)/t20-/m1/s1. The van der Waals surface area contributed by atoms with Crippen LogP contribution in [0.5, 0.6) is 0 Å². The molecule has 1 atom stereocenters. The van der Waals surface area contributed by atoms with Gasteiger partial charge in [-0.25, -0.2) is 8.78 Å². The smallest absolute Gasteiger partial charge is 0.257 e. The lowest BCUT2D eigenvalue weighted by molar-refractivity contribution is 0.0933. The van der Waals surface area contributed by atoms with Crippen molar-refractivity contribution in [2.45, 2.75) is 32.5 Å². The predicted molar refractivity (Wildman–Crippen MR) is 125 cm³/mol. The van der Waals surface area contributed by atoms with Crippen LogP contribution in [-0.2, 0) is 17.8 Å². The van der Waals surface area contributed by atoms with Crippen LogP contribution < -0.4 is 16.1 Å². The van der Waals surface area contributed by atoms with E-state index >= 15 is 0 Å². The minimum absolute atomic E-state index is 0.212. The van der Waals surface area contributed by atoms with Crippen molar-refractivity contribution < 1.29 is 23.1 Å². The van der Waals surface area contributed by atoms with Gasteiger partial charge in [0.05, 0.1) is 12.6 Å². The molecular formula is C24H25F2N3O4S. The Hall–Kier alpha value is -3.37. The number of methoxy groups -OCH3 is 1. The average Bonchev–Trinajstić information content (AvgIpc) is 3.36. The van der Waals surface area contributed by atoms with E-state index in [-0.39, 0.29) is 35.9 Å². The Balaban J connectivity index is 1.89. The van der Waals surface area contributed by atoms with Gasteiger partial charge < -0.3 is 19.9 Å². The van der Waals surface area contributed by atoms with Gasteiger partial charge in [0.2, 0.25) is 5.43 Å². The largest absolute Gasteiger partial charge is 0.383 e. The quantitative estimate of drug-likeness (QED) is 0.455. The molecule has 3 aromatic rings. The highest BCUT2D eigenvalue weighted by molar-refractivity contribution is 7.10. The Labute approximate surface area is 199 Å². The molecule has 180 valence electrons. The van der Waals surface area contributed by atoms with Crippen LogP contribution in [-0.4, -0.2) is 30.1 Å². The number of benzene rings is 1. The highest BCUT2D eigenvalue weighted by atomic mass is 32.1. The van der Waals surface area contributed by atoms with Gasteiger partial charge in [-0.2, -0.15) is 0 Å². The first-order valence-electron chi connectivity index (χ1n) is 10.6. The number of nitrogens with one attached hydrogen (secondary N) is 2. The predicted octanol–water partition coefficient (Wildman–Crippen LogP) is 3.65. The second-order valence-corrected chi connectivity index (χ2v) is 8.46. The number of carbonyl (C=O) groups is 2. The molecule has 0 fully saturated rings. The zero-order valence-corrected chi connectivity index (χ0v) is 19.6. The molecule has 2 aromatic heterocycles. The Bertz CT molecular complexity index is 1190. The molecule has 0 aliphatic carbocycles. The number of amides is 2. The molecule has 3 rings (SSSR count). The summed E-state index contributed by atoms with van der Waals surface area (Å²) in [6.45, 7) is 2.01. The number of thiophene rings is 1. The van der Waals surface area contributed by atoms with Crippen LogP contribution in [0.2, 0.25) is 0 Å². The number of rotatable bonds is 10. The lowest BCUT2D eigenvalue weighted by Crippen LogP contribution is -2.36. The van der Waals surface area contributed by atoms with Gasteiger partial charge >= 0.3 is 0 Å². The lowest BCUT2D eigenvalue weighted by atomic mass is 10.1. The number of halogens is 2. The number of pyridine rings is 1. The number of ether oxygens (including phenoxy) is 1. The van der Waals surface area contributed by atoms with Crippen molar-refractivity contribution in [2.24, 2.45) is 0 Å². The van der Waals surface area contributed by atoms with Crippen LogP contribution in [0.15, 0.2) is 52.9 Å². The Morgan fingerprint density at radius 2 is 1.76 bits per heavy atom. The maximum absolute atomic E-state index is 13.9. The zero-order valence-electron chi connectivity index (χ0n) is 18.8. The first-order valence-corrected chi connectivity index (χ1v) is 11.5. The monoisotopic (exact) mass is 489 g/mol. The van der Waals surface area contributed by atoms with E-state index in [1.54, 1.807) is 0 Å². The van der Waals surface area contributed by atoms with E-state index in [0.717, 1.165) is 17.0 Å². The molecule has 2 amide bonds. The summed E-state index contributed by atoms with van der Waals surface area (Å²) in [7, 11) is 1.50. The minimum atomic E-state index is -0.848. The molecule has 0 saturated heterocycles. The fourth-order valence-corrected chi connectivity index (χ4v) is 4.21. The topological polar surface area (TPSA) is 89.4 Å². The van der Waals surface area contributed by atoms with Gasteiger partial charge in [-0.15, -0.1) is 11.3 Å². The third kappa shape index (κ3) is 5.95. The molecule has 1 aromatic carbocycles. The number of hydrogen-bond donors (Lipinski definition) is 2. The normalized spacial score (nSPS) is 11.8. The Kier molecular flexibility index (Phi) is 8.67. The highest BCUT2D eigenvalue weighted by Crippen LogP contribution is 2.22. The second kappa shape index (κ2) is 11.7. The third-order valence-electron chi connectivity index (χ3n) is 5.21. The SMILES string of the molecule is CC[C@@H](NC(=O)c1cn(CCOC)cc(C(=O)NCc2c(F)cccc2F)c1=O)c1cccs1. The molecule has 0 spiro atoms. The minimum Gasteiger partial charge on any atom is -0.383 e. The summed E-state index contributed by atoms with van der Waals surface area (Å²) in [6, 6.07) is 6.83. The van der Waals surface area contributed by atoms with Gasteiger partial charge in [0.1, 0.15) is 22.8 Å². The van der Waals surface area contributed by atoms with Crippen LogP contribution >= 0.6 is 11.3 Å². The molecule has 0 aliphatic rings. The van der Waals surface area contributed by atoms with Crippen molar-refractivity contribution >= 4 is 23.2 Å². The van der Waals surface area contributed by atoms with Gasteiger partial charge in [0, 0.05) is 43.0 Å². The van der Waals surface area contributed by atoms with E-state index in [9.17, 15) is 23.2 Å². The van der Waals surface area contributed by atoms with Crippen LogP contribution in [0.3, 0.4) is 0 Å². The lowest BCUT2D eigenvalue weighted by Gasteiger charge is -2.17. The Morgan fingerprint density at radius 1 is 1.09 bits per heavy atom. The molecule has 0 aliphatic heterocycles. The van der Waals surface area contributed by atoms with Crippen molar-refractivity contribution in [3.05, 3.63) is 91.5 Å². The summed E-state index contributed by atoms with van der Waals surface area (Å²) >= 11 is 1.49. The first kappa shape index (κ1) is 25.3. The fourth-order valence-electron chi connectivity index (χ4n) is 3.35. The molecule has 34 heavy (non-hydrogen) atoms.